The molecule has 3 aromatic rings. The summed E-state index contributed by atoms with van der Waals surface area (Å²) in [6, 6.07) is 19.0. The Labute approximate surface area is 170 Å². The zero-order valence-corrected chi connectivity index (χ0v) is 16.5. The Hall–Kier alpha value is -3.41. The number of piperidine rings is 1. The molecule has 4 rings (SSSR count). The fourth-order valence-electron chi connectivity index (χ4n) is 3.42. The molecule has 148 valence electrons. The molecule has 0 spiro atoms. The third kappa shape index (κ3) is 4.54. The van der Waals surface area contributed by atoms with Crippen molar-refractivity contribution in [2.75, 3.05) is 25.5 Å². The van der Waals surface area contributed by atoms with Crippen molar-refractivity contribution in [3.63, 3.8) is 0 Å². The average molecular weight is 388 g/mol. The minimum Gasteiger partial charge on any atom is -0.497 e. The molecule has 0 unspecified atom stereocenters. The monoisotopic (exact) mass is 388 g/mol. The first kappa shape index (κ1) is 18.9. The van der Waals surface area contributed by atoms with Gasteiger partial charge in [0.15, 0.2) is 5.82 Å². The van der Waals surface area contributed by atoms with E-state index in [9.17, 15) is 4.79 Å². The molecule has 1 fully saturated rings. The molecule has 0 bridgehead atoms. The second kappa shape index (κ2) is 8.73. The van der Waals surface area contributed by atoms with Crippen LogP contribution in [-0.4, -0.2) is 41.0 Å². The van der Waals surface area contributed by atoms with Crippen LogP contribution in [0.1, 0.15) is 29.8 Å². The van der Waals surface area contributed by atoms with Crippen LogP contribution in [-0.2, 0) is 0 Å². The van der Waals surface area contributed by atoms with Gasteiger partial charge in [-0.25, -0.2) is 9.97 Å². The number of hydrogen-bond donors (Lipinski definition) is 1. The van der Waals surface area contributed by atoms with Gasteiger partial charge in [-0.3, -0.25) is 4.79 Å². The van der Waals surface area contributed by atoms with Crippen LogP contribution >= 0.6 is 0 Å². The SMILES string of the molecule is COc1ccc(Nc2cc(C(=O)N3CCCCC3)nc(-c3ccccc3)n2)cc1. The average Bonchev–Trinajstić information content (AvgIpc) is 2.80. The lowest BCUT2D eigenvalue weighted by Crippen LogP contribution is -2.36. The number of anilines is 2. The van der Waals surface area contributed by atoms with Crippen LogP contribution < -0.4 is 10.1 Å². The van der Waals surface area contributed by atoms with E-state index in [1.165, 1.54) is 6.42 Å². The number of nitrogens with zero attached hydrogens (tertiary/aromatic N) is 3. The van der Waals surface area contributed by atoms with Gasteiger partial charge in [0.05, 0.1) is 7.11 Å². The van der Waals surface area contributed by atoms with Gasteiger partial charge in [0, 0.05) is 30.4 Å². The predicted octanol–water partition coefficient (Wildman–Crippen LogP) is 4.52. The maximum atomic E-state index is 13.1. The van der Waals surface area contributed by atoms with Crippen LogP contribution in [0.5, 0.6) is 5.75 Å². The van der Waals surface area contributed by atoms with Crippen molar-refractivity contribution in [2.45, 2.75) is 19.3 Å². The summed E-state index contributed by atoms with van der Waals surface area (Å²) in [6.07, 6.45) is 3.26. The van der Waals surface area contributed by atoms with Crippen molar-refractivity contribution in [1.82, 2.24) is 14.9 Å². The van der Waals surface area contributed by atoms with Gasteiger partial charge < -0.3 is 15.0 Å². The van der Waals surface area contributed by atoms with Crippen LogP contribution in [0.15, 0.2) is 60.7 Å². The number of carbonyl (C=O) groups excluding carboxylic acids is 1. The number of carbonyl (C=O) groups is 1. The lowest BCUT2D eigenvalue weighted by atomic mass is 10.1. The maximum absolute atomic E-state index is 13.1. The molecule has 0 saturated carbocycles. The Kier molecular flexibility index (Phi) is 5.70. The van der Waals surface area contributed by atoms with Crippen LogP contribution in [0.25, 0.3) is 11.4 Å². The van der Waals surface area contributed by atoms with Gasteiger partial charge in [-0.1, -0.05) is 30.3 Å². The van der Waals surface area contributed by atoms with Gasteiger partial charge in [-0.15, -0.1) is 0 Å². The quantitative estimate of drug-likeness (QED) is 0.696. The molecule has 2 aromatic carbocycles. The summed E-state index contributed by atoms with van der Waals surface area (Å²) in [7, 11) is 1.64. The minimum atomic E-state index is -0.0398. The van der Waals surface area contributed by atoms with E-state index in [2.05, 4.69) is 15.3 Å². The van der Waals surface area contributed by atoms with Crippen molar-refractivity contribution >= 4 is 17.4 Å². The molecule has 2 heterocycles. The van der Waals surface area contributed by atoms with Gasteiger partial charge in [0.2, 0.25) is 0 Å². The standard InChI is InChI=1S/C23H24N4O2/c1-29-19-12-10-18(11-13-19)24-21-16-20(23(28)27-14-6-3-7-15-27)25-22(26-21)17-8-4-2-5-9-17/h2,4-5,8-13,16H,3,6-7,14-15H2,1H3,(H,24,25,26). The van der Waals surface area contributed by atoms with Crippen LogP contribution in [0, 0.1) is 0 Å². The number of methoxy groups -OCH3 is 1. The fourth-order valence-corrected chi connectivity index (χ4v) is 3.42. The highest BCUT2D eigenvalue weighted by Crippen LogP contribution is 2.23. The molecule has 0 radical (unpaired) electrons. The van der Waals surface area contributed by atoms with E-state index >= 15 is 0 Å². The number of rotatable bonds is 5. The van der Waals surface area contributed by atoms with Crippen molar-refractivity contribution < 1.29 is 9.53 Å². The van der Waals surface area contributed by atoms with E-state index in [0.29, 0.717) is 17.3 Å². The third-order valence-corrected chi connectivity index (χ3v) is 4.98. The molecular weight excluding hydrogens is 364 g/mol. The smallest absolute Gasteiger partial charge is 0.272 e. The largest absolute Gasteiger partial charge is 0.497 e. The molecule has 0 atom stereocenters. The molecule has 1 saturated heterocycles. The molecule has 6 heteroatoms. The van der Waals surface area contributed by atoms with Gasteiger partial charge in [0.25, 0.3) is 5.91 Å². The summed E-state index contributed by atoms with van der Waals surface area (Å²) < 4.78 is 5.21. The molecule has 1 N–H and O–H groups in total. The van der Waals surface area contributed by atoms with Crippen molar-refractivity contribution in [1.29, 1.82) is 0 Å². The Bertz CT molecular complexity index is 968. The topological polar surface area (TPSA) is 67.3 Å². The Morgan fingerprint density at radius 1 is 0.966 bits per heavy atom. The number of likely N-dealkylation sites (tertiary alicyclic amines) is 1. The first-order valence-electron chi connectivity index (χ1n) is 9.88. The fraction of sp³-hybridized carbons (Fsp3) is 0.261. The van der Waals surface area contributed by atoms with E-state index in [-0.39, 0.29) is 5.91 Å². The van der Waals surface area contributed by atoms with Crippen LogP contribution in [0.3, 0.4) is 0 Å². The first-order valence-corrected chi connectivity index (χ1v) is 9.88. The summed E-state index contributed by atoms with van der Waals surface area (Å²) in [5, 5.41) is 3.29. The second-order valence-electron chi connectivity index (χ2n) is 7.03. The first-order chi connectivity index (χ1) is 14.2. The lowest BCUT2D eigenvalue weighted by Gasteiger charge is -2.26. The lowest BCUT2D eigenvalue weighted by molar-refractivity contribution is 0.0718. The highest BCUT2D eigenvalue weighted by atomic mass is 16.5. The summed E-state index contributed by atoms with van der Waals surface area (Å²) in [5.74, 6) is 1.86. The predicted molar refractivity (Wildman–Crippen MR) is 113 cm³/mol. The van der Waals surface area contributed by atoms with Crippen LogP contribution in [0.2, 0.25) is 0 Å². The number of hydrogen-bond acceptors (Lipinski definition) is 5. The van der Waals surface area contributed by atoms with Crippen molar-refractivity contribution in [3.8, 4) is 17.1 Å². The van der Waals surface area contributed by atoms with Crippen molar-refractivity contribution in [3.05, 3.63) is 66.4 Å². The highest BCUT2D eigenvalue weighted by Gasteiger charge is 2.21. The summed E-state index contributed by atoms with van der Waals surface area (Å²) in [6.45, 7) is 1.56. The molecule has 6 nitrogen and oxygen atoms in total. The molecule has 29 heavy (non-hydrogen) atoms. The maximum Gasteiger partial charge on any atom is 0.272 e. The molecular formula is C23H24N4O2. The highest BCUT2D eigenvalue weighted by molar-refractivity contribution is 5.93. The number of aromatic nitrogens is 2. The Morgan fingerprint density at radius 3 is 2.38 bits per heavy atom. The van der Waals surface area contributed by atoms with E-state index < -0.39 is 0 Å². The summed E-state index contributed by atoms with van der Waals surface area (Å²) in [4.78, 5) is 24.2. The van der Waals surface area contributed by atoms with E-state index in [1.54, 1.807) is 13.2 Å². The number of nitrogens with one attached hydrogen (secondary N) is 1. The minimum absolute atomic E-state index is 0.0398. The molecule has 1 aromatic heterocycles. The molecule has 1 amide bonds. The third-order valence-electron chi connectivity index (χ3n) is 4.98. The molecule has 1 aliphatic heterocycles. The zero-order chi connectivity index (χ0) is 20.1. The molecule has 0 aliphatic carbocycles. The molecule has 1 aliphatic rings. The number of amides is 1. The number of benzene rings is 2. The van der Waals surface area contributed by atoms with Gasteiger partial charge >= 0.3 is 0 Å². The normalized spacial score (nSPS) is 13.8. The van der Waals surface area contributed by atoms with Gasteiger partial charge in [-0.2, -0.15) is 0 Å². The zero-order valence-electron chi connectivity index (χ0n) is 16.5. The van der Waals surface area contributed by atoms with E-state index in [1.807, 2.05) is 59.5 Å². The van der Waals surface area contributed by atoms with E-state index in [0.717, 1.165) is 42.9 Å². The summed E-state index contributed by atoms with van der Waals surface area (Å²) >= 11 is 0. The summed E-state index contributed by atoms with van der Waals surface area (Å²) in [5.41, 5.74) is 2.15. The van der Waals surface area contributed by atoms with Crippen molar-refractivity contribution in [2.24, 2.45) is 0 Å². The number of ether oxygens (including phenoxy) is 1. The Morgan fingerprint density at radius 2 is 1.69 bits per heavy atom. The van der Waals surface area contributed by atoms with Gasteiger partial charge in [-0.05, 0) is 43.5 Å². The van der Waals surface area contributed by atoms with Crippen LogP contribution in [0.4, 0.5) is 11.5 Å². The second-order valence-corrected chi connectivity index (χ2v) is 7.03. The van der Waals surface area contributed by atoms with Gasteiger partial charge in [0.1, 0.15) is 17.3 Å². The van der Waals surface area contributed by atoms with E-state index in [4.69, 9.17) is 4.74 Å². The Balaban J connectivity index is 1.68.